The van der Waals surface area contributed by atoms with Crippen LogP contribution in [0.2, 0.25) is 0 Å². The van der Waals surface area contributed by atoms with Crippen molar-refractivity contribution in [3.05, 3.63) is 35.2 Å². The molecule has 1 saturated carbocycles. The number of rotatable bonds is 4. The summed E-state index contributed by atoms with van der Waals surface area (Å²) in [5, 5.41) is 15.1. The number of thiazole rings is 1. The van der Waals surface area contributed by atoms with E-state index < -0.39 is 0 Å². The number of anilines is 1. The lowest BCUT2D eigenvalue weighted by Gasteiger charge is -2.25. The second kappa shape index (κ2) is 7.23. The largest absolute Gasteiger partial charge is 0.393 e. The number of hydrogen-bond acceptors (Lipinski definition) is 4. The first-order valence-electron chi connectivity index (χ1n) is 8.19. The number of nitrogens with zero attached hydrogens (tertiary/aromatic N) is 1. The van der Waals surface area contributed by atoms with Crippen molar-refractivity contribution < 1.29 is 9.90 Å². The molecular formula is C18H22N2O2S. The van der Waals surface area contributed by atoms with E-state index in [1.165, 1.54) is 16.9 Å². The molecule has 0 saturated heterocycles. The van der Waals surface area contributed by atoms with Gasteiger partial charge in [0.1, 0.15) is 0 Å². The molecule has 1 aromatic heterocycles. The number of benzene rings is 1. The molecule has 23 heavy (non-hydrogen) atoms. The highest BCUT2D eigenvalue weighted by Gasteiger charge is 2.21. The van der Waals surface area contributed by atoms with E-state index in [1.54, 1.807) is 0 Å². The minimum Gasteiger partial charge on any atom is -0.393 e. The molecular weight excluding hydrogens is 308 g/mol. The van der Waals surface area contributed by atoms with Crippen LogP contribution in [-0.4, -0.2) is 22.1 Å². The maximum atomic E-state index is 11.4. The Morgan fingerprint density at radius 2 is 2.13 bits per heavy atom. The van der Waals surface area contributed by atoms with Crippen LogP contribution in [0.4, 0.5) is 5.13 Å². The van der Waals surface area contributed by atoms with E-state index in [1.807, 2.05) is 12.3 Å². The Labute approximate surface area is 140 Å². The molecule has 0 bridgehead atoms. The third kappa shape index (κ3) is 3.98. The number of aliphatic hydroxyl groups is 1. The van der Waals surface area contributed by atoms with Crippen LogP contribution < -0.4 is 5.32 Å². The molecule has 0 spiro atoms. The van der Waals surface area contributed by atoms with Crippen LogP contribution in [0.3, 0.4) is 0 Å². The molecule has 1 heterocycles. The van der Waals surface area contributed by atoms with Crippen molar-refractivity contribution >= 4 is 22.4 Å². The van der Waals surface area contributed by atoms with Gasteiger partial charge in [-0.2, -0.15) is 0 Å². The summed E-state index contributed by atoms with van der Waals surface area (Å²) in [6.45, 7) is 1.83. The standard InChI is InChI=1S/C18H22N2O2S/c1-2-17(22)20-18-19-16(11-23-18)14-5-3-4-13(10-14)12-6-8-15(21)9-7-12/h3-5,10-12,15,21H,2,6-9H2,1H3,(H,19,20,22). The predicted molar refractivity (Wildman–Crippen MR) is 93.7 cm³/mol. The lowest BCUT2D eigenvalue weighted by atomic mass is 9.82. The Bertz CT molecular complexity index is 675. The number of carbonyl (C=O) groups excluding carboxylic acids is 1. The van der Waals surface area contributed by atoms with Crippen LogP contribution in [0.25, 0.3) is 11.3 Å². The zero-order valence-corrected chi connectivity index (χ0v) is 14.1. The topological polar surface area (TPSA) is 62.2 Å². The molecule has 5 heteroatoms. The predicted octanol–water partition coefficient (Wildman–Crippen LogP) is 4.18. The summed E-state index contributed by atoms with van der Waals surface area (Å²) in [7, 11) is 0. The summed E-state index contributed by atoms with van der Waals surface area (Å²) in [6.07, 6.45) is 4.19. The van der Waals surface area contributed by atoms with Gasteiger partial charge in [-0.15, -0.1) is 11.3 Å². The monoisotopic (exact) mass is 330 g/mol. The van der Waals surface area contributed by atoms with Crippen LogP contribution in [0.1, 0.15) is 50.5 Å². The number of carbonyl (C=O) groups is 1. The van der Waals surface area contributed by atoms with Crippen molar-refractivity contribution in [1.82, 2.24) is 4.98 Å². The van der Waals surface area contributed by atoms with Gasteiger partial charge in [-0.1, -0.05) is 25.1 Å². The van der Waals surface area contributed by atoms with E-state index in [9.17, 15) is 9.90 Å². The zero-order valence-electron chi connectivity index (χ0n) is 13.3. The molecule has 1 aromatic carbocycles. The van der Waals surface area contributed by atoms with Gasteiger partial charge in [0.15, 0.2) is 5.13 Å². The molecule has 0 aliphatic heterocycles. The van der Waals surface area contributed by atoms with E-state index in [0.717, 1.165) is 36.9 Å². The Kier molecular flexibility index (Phi) is 5.08. The number of aromatic nitrogens is 1. The highest BCUT2D eigenvalue weighted by Crippen LogP contribution is 2.35. The first-order valence-corrected chi connectivity index (χ1v) is 9.07. The third-order valence-corrected chi connectivity index (χ3v) is 5.18. The summed E-state index contributed by atoms with van der Waals surface area (Å²) in [5.74, 6) is 0.511. The Hall–Kier alpha value is -1.72. The molecule has 0 radical (unpaired) electrons. The highest BCUT2D eigenvalue weighted by molar-refractivity contribution is 7.14. The van der Waals surface area contributed by atoms with E-state index in [0.29, 0.717) is 17.5 Å². The van der Waals surface area contributed by atoms with E-state index in [-0.39, 0.29) is 12.0 Å². The first kappa shape index (κ1) is 16.1. The number of amides is 1. The molecule has 0 unspecified atom stereocenters. The average Bonchev–Trinajstić information content (AvgIpc) is 3.04. The van der Waals surface area contributed by atoms with Crippen LogP contribution in [0.15, 0.2) is 29.6 Å². The van der Waals surface area contributed by atoms with Gasteiger partial charge in [0.25, 0.3) is 0 Å². The van der Waals surface area contributed by atoms with Crippen molar-refractivity contribution in [3.63, 3.8) is 0 Å². The Morgan fingerprint density at radius 1 is 1.35 bits per heavy atom. The zero-order chi connectivity index (χ0) is 16.2. The summed E-state index contributed by atoms with van der Waals surface area (Å²) in [5.41, 5.74) is 3.31. The van der Waals surface area contributed by atoms with Gasteiger partial charge >= 0.3 is 0 Å². The van der Waals surface area contributed by atoms with Crippen LogP contribution >= 0.6 is 11.3 Å². The molecule has 1 amide bonds. The molecule has 122 valence electrons. The number of hydrogen-bond donors (Lipinski definition) is 2. The fourth-order valence-electron chi connectivity index (χ4n) is 3.03. The summed E-state index contributed by atoms with van der Waals surface area (Å²) in [6, 6.07) is 8.49. The van der Waals surface area contributed by atoms with E-state index in [4.69, 9.17) is 0 Å². The van der Waals surface area contributed by atoms with Crippen LogP contribution in [-0.2, 0) is 4.79 Å². The Balaban J connectivity index is 1.76. The number of aliphatic hydroxyl groups excluding tert-OH is 1. The molecule has 1 fully saturated rings. The molecule has 3 rings (SSSR count). The maximum absolute atomic E-state index is 11.4. The minimum atomic E-state index is -0.127. The van der Waals surface area contributed by atoms with E-state index >= 15 is 0 Å². The van der Waals surface area contributed by atoms with Gasteiger partial charge in [-0.05, 0) is 43.2 Å². The molecule has 2 aromatic rings. The summed E-state index contributed by atoms with van der Waals surface area (Å²) >= 11 is 1.45. The van der Waals surface area contributed by atoms with Gasteiger partial charge in [0.05, 0.1) is 11.8 Å². The first-order chi connectivity index (χ1) is 11.2. The Morgan fingerprint density at radius 3 is 2.87 bits per heavy atom. The fourth-order valence-corrected chi connectivity index (χ4v) is 3.77. The quantitative estimate of drug-likeness (QED) is 0.884. The summed E-state index contributed by atoms with van der Waals surface area (Å²) < 4.78 is 0. The van der Waals surface area contributed by atoms with E-state index in [2.05, 4.69) is 34.6 Å². The van der Waals surface area contributed by atoms with Gasteiger partial charge in [0, 0.05) is 17.4 Å². The summed E-state index contributed by atoms with van der Waals surface area (Å²) in [4.78, 5) is 16.0. The van der Waals surface area contributed by atoms with Crippen LogP contribution in [0, 0.1) is 0 Å². The van der Waals surface area contributed by atoms with Gasteiger partial charge in [-0.25, -0.2) is 4.98 Å². The fraction of sp³-hybridized carbons (Fsp3) is 0.444. The van der Waals surface area contributed by atoms with Crippen molar-refractivity contribution in [2.24, 2.45) is 0 Å². The normalized spacial score (nSPS) is 21.1. The van der Waals surface area contributed by atoms with Crippen molar-refractivity contribution in [1.29, 1.82) is 0 Å². The lowest BCUT2D eigenvalue weighted by molar-refractivity contribution is -0.115. The number of nitrogens with one attached hydrogen (secondary N) is 1. The van der Waals surface area contributed by atoms with Gasteiger partial charge < -0.3 is 10.4 Å². The van der Waals surface area contributed by atoms with Crippen molar-refractivity contribution in [3.8, 4) is 11.3 Å². The van der Waals surface area contributed by atoms with Gasteiger partial charge in [0.2, 0.25) is 5.91 Å². The molecule has 0 atom stereocenters. The third-order valence-electron chi connectivity index (χ3n) is 4.42. The SMILES string of the molecule is CCC(=O)Nc1nc(-c2cccc(C3CCC(O)CC3)c2)cs1. The minimum absolute atomic E-state index is 0.0135. The lowest BCUT2D eigenvalue weighted by Crippen LogP contribution is -2.16. The second-order valence-electron chi connectivity index (χ2n) is 6.07. The second-order valence-corrected chi connectivity index (χ2v) is 6.93. The van der Waals surface area contributed by atoms with Gasteiger partial charge in [-0.3, -0.25) is 4.79 Å². The molecule has 4 nitrogen and oxygen atoms in total. The van der Waals surface area contributed by atoms with Crippen molar-refractivity contribution in [2.45, 2.75) is 51.0 Å². The molecule has 1 aliphatic carbocycles. The average molecular weight is 330 g/mol. The van der Waals surface area contributed by atoms with Crippen molar-refractivity contribution in [2.75, 3.05) is 5.32 Å². The smallest absolute Gasteiger partial charge is 0.225 e. The van der Waals surface area contributed by atoms with Crippen LogP contribution in [0.5, 0.6) is 0 Å². The highest BCUT2D eigenvalue weighted by atomic mass is 32.1. The molecule has 2 N–H and O–H groups in total. The molecule has 1 aliphatic rings. The maximum Gasteiger partial charge on any atom is 0.225 e.